The highest BCUT2D eigenvalue weighted by atomic mass is 16.7. The van der Waals surface area contributed by atoms with E-state index in [9.17, 15) is 0 Å². The van der Waals surface area contributed by atoms with Gasteiger partial charge in [0.1, 0.15) is 5.76 Å². The van der Waals surface area contributed by atoms with E-state index in [0.29, 0.717) is 6.61 Å². The maximum absolute atomic E-state index is 6.13. The molecule has 2 aromatic carbocycles. The fourth-order valence-electron chi connectivity index (χ4n) is 4.00. The molecule has 0 saturated carbocycles. The monoisotopic (exact) mass is 410 g/mol. The number of methoxy groups -OCH3 is 1. The fourth-order valence-corrected chi connectivity index (χ4v) is 4.00. The summed E-state index contributed by atoms with van der Waals surface area (Å²) in [6.07, 6.45) is 5.13. The maximum atomic E-state index is 6.13. The number of hydrogen-bond acceptors (Lipinski definition) is 6. The van der Waals surface area contributed by atoms with E-state index in [2.05, 4.69) is 6.07 Å². The molecule has 1 fully saturated rings. The Morgan fingerprint density at radius 2 is 1.97 bits per heavy atom. The van der Waals surface area contributed by atoms with Crippen LogP contribution in [0.15, 0.2) is 40.8 Å². The highest BCUT2D eigenvalue weighted by Gasteiger charge is 2.18. The average Bonchev–Trinajstić information content (AvgIpc) is 3.43. The van der Waals surface area contributed by atoms with Gasteiger partial charge in [0.05, 0.1) is 13.7 Å². The Balaban J connectivity index is 1.31. The number of fused-ring (bicyclic) bond motifs is 2. The van der Waals surface area contributed by atoms with Crippen molar-refractivity contribution < 1.29 is 28.1 Å². The van der Waals surface area contributed by atoms with Crippen LogP contribution >= 0.6 is 0 Å². The third kappa shape index (κ3) is 3.98. The zero-order valence-electron chi connectivity index (χ0n) is 17.1. The first-order chi connectivity index (χ1) is 14.8. The second-order valence-electron chi connectivity index (χ2n) is 7.67. The van der Waals surface area contributed by atoms with E-state index in [1.165, 1.54) is 12.0 Å². The van der Waals surface area contributed by atoms with Crippen molar-refractivity contribution >= 4 is 11.0 Å². The van der Waals surface area contributed by atoms with Gasteiger partial charge >= 0.3 is 0 Å². The summed E-state index contributed by atoms with van der Waals surface area (Å²) in [7, 11) is 1.67. The van der Waals surface area contributed by atoms with Gasteiger partial charge in [0.25, 0.3) is 0 Å². The van der Waals surface area contributed by atoms with E-state index in [1.807, 2.05) is 30.3 Å². The van der Waals surface area contributed by atoms with Gasteiger partial charge in [-0.1, -0.05) is 0 Å². The van der Waals surface area contributed by atoms with Crippen LogP contribution in [0.1, 0.15) is 31.2 Å². The summed E-state index contributed by atoms with van der Waals surface area (Å²) >= 11 is 0. The number of rotatable bonds is 7. The van der Waals surface area contributed by atoms with Crippen molar-refractivity contribution in [3.8, 4) is 28.6 Å². The molecular formula is C24H26O6. The first-order valence-corrected chi connectivity index (χ1v) is 10.5. The predicted octanol–water partition coefficient (Wildman–Crippen LogP) is 5.31. The molecule has 3 aromatic rings. The maximum Gasteiger partial charge on any atom is 0.231 e. The second kappa shape index (κ2) is 8.58. The van der Waals surface area contributed by atoms with E-state index in [1.54, 1.807) is 7.11 Å². The molecule has 1 atom stereocenters. The van der Waals surface area contributed by atoms with Gasteiger partial charge in [-0.2, -0.15) is 0 Å². The van der Waals surface area contributed by atoms with Gasteiger partial charge in [-0.3, -0.25) is 0 Å². The number of aryl methyl sites for hydroxylation is 1. The zero-order chi connectivity index (χ0) is 20.3. The molecule has 1 saturated heterocycles. The molecule has 0 amide bonds. The van der Waals surface area contributed by atoms with E-state index in [0.717, 1.165) is 71.8 Å². The van der Waals surface area contributed by atoms with Gasteiger partial charge in [0.15, 0.2) is 29.1 Å². The minimum absolute atomic E-state index is 0.0334. The first kappa shape index (κ1) is 19.3. The van der Waals surface area contributed by atoms with Crippen molar-refractivity contribution in [3.63, 3.8) is 0 Å². The molecule has 0 bridgehead atoms. The minimum atomic E-state index is -0.0334. The number of furan rings is 1. The number of benzene rings is 2. The molecule has 0 N–H and O–H groups in total. The molecule has 0 radical (unpaired) electrons. The Hall–Kier alpha value is -2.70. The molecule has 158 valence electrons. The molecule has 0 aliphatic carbocycles. The molecular weight excluding hydrogens is 384 g/mol. The van der Waals surface area contributed by atoms with Crippen molar-refractivity contribution in [2.75, 3.05) is 27.1 Å². The summed E-state index contributed by atoms with van der Waals surface area (Å²) in [5.74, 6) is 3.01. The average molecular weight is 410 g/mol. The summed E-state index contributed by atoms with van der Waals surface area (Å²) in [5, 5.41) is 1.02. The molecule has 2 aliphatic rings. The molecule has 3 heterocycles. The second-order valence-corrected chi connectivity index (χ2v) is 7.67. The van der Waals surface area contributed by atoms with Crippen LogP contribution in [0.2, 0.25) is 0 Å². The third-order valence-electron chi connectivity index (χ3n) is 5.57. The van der Waals surface area contributed by atoms with Gasteiger partial charge in [0, 0.05) is 17.6 Å². The summed E-state index contributed by atoms with van der Waals surface area (Å²) in [6, 6.07) is 12.1. The predicted molar refractivity (Wildman–Crippen MR) is 112 cm³/mol. The normalized spacial score (nSPS) is 18.1. The number of hydrogen-bond donors (Lipinski definition) is 0. The Morgan fingerprint density at radius 1 is 1.03 bits per heavy atom. The van der Waals surface area contributed by atoms with Gasteiger partial charge < -0.3 is 28.1 Å². The van der Waals surface area contributed by atoms with Crippen LogP contribution in [0.4, 0.5) is 0 Å². The van der Waals surface area contributed by atoms with E-state index < -0.39 is 0 Å². The van der Waals surface area contributed by atoms with Crippen LogP contribution in [-0.2, 0) is 15.9 Å². The Bertz CT molecular complexity index is 1020. The summed E-state index contributed by atoms with van der Waals surface area (Å²) < 4.78 is 34.1. The van der Waals surface area contributed by atoms with Crippen molar-refractivity contribution in [2.45, 2.75) is 38.4 Å². The topological polar surface area (TPSA) is 59.3 Å². The minimum Gasteiger partial charge on any atom is -0.493 e. The van der Waals surface area contributed by atoms with Gasteiger partial charge in [-0.05, 0) is 74.1 Å². The largest absolute Gasteiger partial charge is 0.493 e. The molecule has 6 heteroatoms. The summed E-state index contributed by atoms with van der Waals surface area (Å²) in [5.41, 5.74) is 2.89. The standard InChI is InChI=1S/C24H26O6/c1-25-22-12-16(5-4-10-27-23-6-2-3-9-26-23)11-18-14-20(30-24(18)22)17-7-8-19-21(13-17)29-15-28-19/h7-8,11-14,23H,2-6,9-10,15H2,1H3. The van der Waals surface area contributed by atoms with Crippen molar-refractivity contribution in [2.24, 2.45) is 0 Å². The van der Waals surface area contributed by atoms with Crippen molar-refractivity contribution in [1.82, 2.24) is 0 Å². The first-order valence-electron chi connectivity index (χ1n) is 10.5. The fraction of sp³-hybridized carbons (Fsp3) is 0.417. The van der Waals surface area contributed by atoms with Crippen molar-refractivity contribution in [1.29, 1.82) is 0 Å². The quantitative estimate of drug-likeness (QED) is 0.492. The molecule has 2 aliphatic heterocycles. The van der Waals surface area contributed by atoms with Gasteiger partial charge in [0.2, 0.25) is 6.79 Å². The highest BCUT2D eigenvalue weighted by Crippen LogP contribution is 2.39. The SMILES string of the molecule is COc1cc(CCCOC2CCCCO2)cc2cc(-c3ccc4c(c3)OCO4)oc12. The van der Waals surface area contributed by atoms with Crippen molar-refractivity contribution in [3.05, 3.63) is 42.0 Å². The van der Waals surface area contributed by atoms with Gasteiger partial charge in [-0.25, -0.2) is 0 Å². The smallest absolute Gasteiger partial charge is 0.231 e. The van der Waals surface area contributed by atoms with E-state index >= 15 is 0 Å². The molecule has 0 spiro atoms. The highest BCUT2D eigenvalue weighted by molar-refractivity contribution is 5.88. The third-order valence-corrected chi connectivity index (χ3v) is 5.57. The Morgan fingerprint density at radius 3 is 2.83 bits per heavy atom. The van der Waals surface area contributed by atoms with Crippen LogP contribution in [0.5, 0.6) is 17.2 Å². The van der Waals surface area contributed by atoms with Gasteiger partial charge in [-0.15, -0.1) is 0 Å². The summed E-state index contributed by atoms with van der Waals surface area (Å²) in [4.78, 5) is 0. The van der Waals surface area contributed by atoms with Crippen LogP contribution in [-0.4, -0.2) is 33.4 Å². The van der Waals surface area contributed by atoms with Crippen LogP contribution in [0, 0.1) is 0 Å². The lowest BCUT2D eigenvalue weighted by molar-refractivity contribution is -0.162. The lowest BCUT2D eigenvalue weighted by Crippen LogP contribution is -2.22. The molecule has 1 unspecified atom stereocenters. The zero-order valence-corrected chi connectivity index (χ0v) is 17.1. The molecule has 1 aromatic heterocycles. The van der Waals surface area contributed by atoms with Crippen LogP contribution in [0.3, 0.4) is 0 Å². The summed E-state index contributed by atoms with van der Waals surface area (Å²) in [6.45, 7) is 1.76. The van der Waals surface area contributed by atoms with Crippen LogP contribution < -0.4 is 14.2 Å². The Labute approximate surface area is 175 Å². The Kier molecular flexibility index (Phi) is 5.51. The van der Waals surface area contributed by atoms with Crippen LogP contribution in [0.25, 0.3) is 22.3 Å². The van der Waals surface area contributed by atoms with E-state index in [-0.39, 0.29) is 13.1 Å². The van der Waals surface area contributed by atoms with E-state index in [4.69, 9.17) is 28.1 Å². The molecule has 5 rings (SSSR count). The molecule has 6 nitrogen and oxygen atoms in total. The lowest BCUT2D eigenvalue weighted by Gasteiger charge is -2.22. The lowest BCUT2D eigenvalue weighted by atomic mass is 10.1. The molecule has 30 heavy (non-hydrogen) atoms. The number of ether oxygens (including phenoxy) is 5.